The maximum Gasteiger partial charge on any atom is 0.338 e. The monoisotopic (exact) mass is 292 g/mol. The molecule has 0 aliphatic rings. The number of rotatable bonds is 2. The second kappa shape index (κ2) is 4.52. The highest BCUT2D eigenvalue weighted by atomic mass is 127. The zero-order chi connectivity index (χ0) is 9.84. The van der Waals surface area contributed by atoms with Crippen LogP contribution in [0.5, 0.6) is 0 Å². The van der Waals surface area contributed by atoms with E-state index in [-0.39, 0.29) is 5.97 Å². The Morgan fingerprint density at radius 1 is 1.69 bits per heavy atom. The first-order valence-electron chi connectivity index (χ1n) is 3.62. The summed E-state index contributed by atoms with van der Waals surface area (Å²) in [6.45, 7) is 0.320. The van der Waals surface area contributed by atoms with E-state index in [4.69, 9.17) is 5.73 Å². The Morgan fingerprint density at radius 2 is 2.38 bits per heavy atom. The van der Waals surface area contributed by atoms with Crippen molar-refractivity contribution >= 4 is 28.6 Å². The van der Waals surface area contributed by atoms with Crippen LogP contribution in [-0.4, -0.2) is 18.1 Å². The van der Waals surface area contributed by atoms with E-state index in [0.717, 1.165) is 3.70 Å². The van der Waals surface area contributed by atoms with Gasteiger partial charge < -0.3 is 10.5 Å². The number of aromatic nitrogens is 1. The van der Waals surface area contributed by atoms with Crippen molar-refractivity contribution < 1.29 is 9.53 Å². The van der Waals surface area contributed by atoms with Gasteiger partial charge in [-0.05, 0) is 34.7 Å². The van der Waals surface area contributed by atoms with Crippen LogP contribution in [0.3, 0.4) is 0 Å². The number of methoxy groups -OCH3 is 1. The molecule has 0 spiro atoms. The molecule has 0 aliphatic heterocycles. The van der Waals surface area contributed by atoms with Crippen LogP contribution in [0.15, 0.2) is 12.1 Å². The second-order valence-corrected chi connectivity index (χ2v) is 3.47. The molecule has 0 fully saturated rings. The van der Waals surface area contributed by atoms with Crippen LogP contribution in [0.4, 0.5) is 0 Å². The van der Waals surface area contributed by atoms with E-state index in [1.54, 1.807) is 12.1 Å². The largest absolute Gasteiger partial charge is 0.465 e. The summed E-state index contributed by atoms with van der Waals surface area (Å²) in [5.41, 5.74) is 6.59. The summed E-state index contributed by atoms with van der Waals surface area (Å²) in [5, 5.41) is 0. The highest BCUT2D eigenvalue weighted by Gasteiger charge is 2.07. The third-order valence-electron chi connectivity index (χ3n) is 1.48. The van der Waals surface area contributed by atoms with E-state index >= 15 is 0 Å². The van der Waals surface area contributed by atoms with Crippen LogP contribution >= 0.6 is 22.6 Å². The Labute approximate surface area is 89.6 Å². The van der Waals surface area contributed by atoms with E-state index in [1.165, 1.54) is 7.11 Å². The summed E-state index contributed by atoms with van der Waals surface area (Å²) in [5.74, 6) is -0.366. The molecule has 0 atom stereocenters. The van der Waals surface area contributed by atoms with Gasteiger partial charge in [0.2, 0.25) is 0 Å². The van der Waals surface area contributed by atoms with E-state index < -0.39 is 0 Å². The molecule has 0 aliphatic carbocycles. The molecular formula is C8H9IN2O2. The Hall–Kier alpha value is -0.690. The number of pyridine rings is 1. The standard InChI is InChI=1S/C8H9IN2O2/c1-13-8(12)5-2-6(4-10)11-7(9)3-5/h2-3H,4,10H2,1H3. The minimum absolute atomic E-state index is 0.320. The van der Waals surface area contributed by atoms with Crippen LogP contribution in [0, 0.1) is 3.70 Å². The van der Waals surface area contributed by atoms with Crippen molar-refractivity contribution in [3.8, 4) is 0 Å². The molecule has 0 amide bonds. The fraction of sp³-hybridized carbons (Fsp3) is 0.250. The van der Waals surface area contributed by atoms with Crippen LogP contribution in [0.25, 0.3) is 0 Å². The zero-order valence-electron chi connectivity index (χ0n) is 7.08. The zero-order valence-corrected chi connectivity index (χ0v) is 9.24. The molecule has 0 aromatic carbocycles. The Balaban J connectivity index is 3.08. The molecule has 5 heteroatoms. The van der Waals surface area contributed by atoms with Gasteiger partial charge >= 0.3 is 5.97 Å². The summed E-state index contributed by atoms with van der Waals surface area (Å²) in [6.07, 6.45) is 0. The summed E-state index contributed by atoms with van der Waals surface area (Å²) in [7, 11) is 1.34. The normalized spacial score (nSPS) is 9.77. The van der Waals surface area contributed by atoms with Gasteiger partial charge in [0.05, 0.1) is 18.4 Å². The van der Waals surface area contributed by atoms with E-state index in [2.05, 4.69) is 9.72 Å². The number of carbonyl (C=O) groups excluding carboxylic acids is 1. The quantitative estimate of drug-likeness (QED) is 0.500. The van der Waals surface area contributed by atoms with E-state index in [0.29, 0.717) is 17.8 Å². The van der Waals surface area contributed by atoms with Crippen molar-refractivity contribution in [3.05, 3.63) is 27.1 Å². The van der Waals surface area contributed by atoms with Gasteiger partial charge in [-0.3, -0.25) is 0 Å². The van der Waals surface area contributed by atoms with Crippen molar-refractivity contribution in [1.29, 1.82) is 0 Å². The molecule has 1 heterocycles. The minimum Gasteiger partial charge on any atom is -0.465 e. The van der Waals surface area contributed by atoms with Gasteiger partial charge in [-0.2, -0.15) is 0 Å². The van der Waals surface area contributed by atoms with Gasteiger partial charge in [0, 0.05) is 6.54 Å². The van der Waals surface area contributed by atoms with Crippen LogP contribution < -0.4 is 5.73 Å². The minimum atomic E-state index is -0.366. The van der Waals surface area contributed by atoms with Crippen molar-refractivity contribution in [1.82, 2.24) is 4.98 Å². The number of nitrogens with zero attached hydrogens (tertiary/aromatic N) is 1. The van der Waals surface area contributed by atoms with Gasteiger partial charge in [0.15, 0.2) is 0 Å². The fourth-order valence-corrected chi connectivity index (χ4v) is 1.54. The lowest BCUT2D eigenvalue weighted by atomic mass is 10.2. The molecule has 70 valence electrons. The number of hydrogen-bond donors (Lipinski definition) is 1. The number of carbonyl (C=O) groups is 1. The molecular weight excluding hydrogens is 283 g/mol. The summed E-state index contributed by atoms with van der Waals surface area (Å²) in [6, 6.07) is 3.29. The molecule has 0 saturated carbocycles. The lowest BCUT2D eigenvalue weighted by molar-refractivity contribution is 0.0600. The maximum atomic E-state index is 11.1. The second-order valence-electron chi connectivity index (χ2n) is 2.37. The average Bonchev–Trinajstić information content (AvgIpc) is 2.15. The molecule has 0 unspecified atom stereocenters. The van der Waals surface area contributed by atoms with Crippen molar-refractivity contribution in [2.45, 2.75) is 6.54 Å². The predicted molar refractivity (Wildman–Crippen MR) is 56.2 cm³/mol. The topological polar surface area (TPSA) is 65.2 Å². The van der Waals surface area contributed by atoms with E-state index in [1.807, 2.05) is 22.6 Å². The predicted octanol–water partition coefficient (Wildman–Crippen LogP) is 0.931. The molecule has 4 nitrogen and oxygen atoms in total. The smallest absolute Gasteiger partial charge is 0.338 e. The molecule has 1 aromatic heterocycles. The van der Waals surface area contributed by atoms with Gasteiger partial charge in [-0.1, -0.05) is 0 Å². The molecule has 0 saturated heterocycles. The highest BCUT2D eigenvalue weighted by Crippen LogP contribution is 2.09. The molecule has 0 radical (unpaired) electrons. The molecule has 2 N–H and O–H groups in total. The average molecular weight is 292 g/mol. The lowest BCUT2D eigenvalue weighted by Gasteiger charge is -2.02. The molecule has 0 bridgehead atoms. The number of halogens is 1. The summed E-state index contributed by atoms with van der Waals surface area (Å²) < 4.78 is 5.32. The van der Waals surface area contributed by atoms with Crippen LogP contribution in [0.1, 0.15) is 16.1 Å². The Bertz CT molecular complexity index is 328. The maximum absolute atomic E-state index is 11.1. The summed E-state index contributed by atoms with van der Waals surface area (Å²) >= 11 is 2.03. The lowest BCUT2D eigenvalue weighted by Crippen LogP contribution is -2.07. The Kier molecular flexibility index (Phi) is 3.61. The van der Waals surface area contributed by atoms with Crippen molar-refractivity contribution in [2.24, 2.45) is 5.73 Å². The third-order valence-corrected chi connectivity index (χ3v) is 2.03. The van der Waals surface area contributed by atoms with Crippen molar-refractivity contribution in [3.63, 3.8) is 0 Å². The molecule has 13 heavy (non-hydrogen) atoms. The number of esters is 1. The first-order valence-corrected chi connectivity index (χ1v) is 4.70. The van der Waals surface area contributed by atoms with Crippen LogP contribution in [0.2, 0.25) is 0 Å². The summed E-state index contributed by atoms with van der Waals surface area (Å²) in [4.78, 5) is 15.3. The molecule has 1 rings (SSSR count). The van der Waals surface area contributed by atoms with Gasteiger partial charge in [0.25, 0.3) is 0 Å². The number of hydrogen-bond acceptors (Lipinski definition) is 4. The van der Waals surface area contributed by atoms with Gasteiger partial charge in [-0.25, -0.2) is 9.78 Å². The first kappa shape index (κ1) is 10.4. The first-order chi connectivity index (χ1) is 6.17. The fourth-order valence-electron chi connectivity index (χ4n) is 0.891. The Morgan fingerprint density at radius 3 is 2.92 bits per heavy atom. The van der Waals surface area contributed by atoms with Crippen LogP contribution in [-0.2, 0) is 11.3 Å². The number of ether oxygens (including phenoxy) is 1. The van der Waals surface area contributed by atoms with Crippen molar-refractivity contribution in [2.75, 3.05) is 7.11 Å². The van der Waals surface area contributed by atoms with E-state index in [9.17, 15) is 4.79 Å². The highest BCUT2D eigenvalue weighted by molar-refractivity contribution is 14.1. The number of nitrogens with two attached hydrogens (primary N) is 1. The van der Waals surface area contributed by atoms with Gasteiger partial charge in [0.1, 0.15) is 3.70 Å². The van der Waals surface area contributed by atoms with Gasteiger partial charge in [-0.15, -0.1) is 0 Å². The third kappa shape index (κ3) is 2.63. The SMILES string of the molecule is COC(=O)c1cc(I)nc(CN)c1. The molecule has 1 aromatic rings.